The summed E-state index contributed by atoms with van der Waals surface area (Å²) in [6.45, 7) is 3.01. The number of rotatable bonds is 7. The topological polar surface area (TPSA) is 64.3 Å². The molecule has 3 aromatic rings. The smallest absolute Gasteiger partial charge is 0.333 e. The number of benzene rings is 2. The molecule has 1 aromatic heterocycles. The van der Waals surface area contributed by atoms with Gasteiger partial charge in [-0.05, 0) is 50.0 Å². The molecule has 1 fully saturated rings. The Morgan fingerprint density at radius 2 is 1.61 bits per heavy atom. The summed E-state index contributed by atoms with van der Waals surface area (Å²) in [5.41, 5.74) is 5.68. The lowest BCUT2D eigenvalue weighted by Crippen LogP contribution is -2.34. The maximum absolute atomic E-state index is 11.4. The number of aliphatic carboxylic acids is 1. The zero-order valence-corrected chi connectivity index (χ0v) is 18.2. The van der Waals surface area contributed by atoms with Gasteiger partial charge < -0.3 is 9.84 Å². The van der Waals surface area contributed by atoms with Gasteiger partial charge >= 0.3 is 5.97 Å². The number of hydrogen-bond acceptors (Lipinski definition) is 3. The average Bonchev–Trinajstić information content (AvgIpc) is 3.12. The lowest BCUT2D eigenvalue weighted by atomic mass is 9.79. The number of carboxylic acid groups (broad SMARTS) is 1. The van der Waals surface area contributed by atoms with E-state index in [0.29, 0.717) is 5.92 Å². The highest BCUT2D eigenvalue weighted by molar-refractivity contribution is 5.82. The van der Waals surface area contributed by atoms with Crippen molar-refractivity contribution in [2.45, 2.75) is 45.3 Å². The van der Waals surface area contributed by atoms with Crippen molar-refractivity contribution in [1.82, 2.24) is 9.78 Å². The zero-order chi connectivity index (χ0) is 21.8. The molecule has 1 N–H and O–H groups in total. The van der Waals surface area contributed by atoms with Crippen molar-refractivity contribution in [1.29, 1.82) is 0 Å². The van der Waals surface area contributed by atoms with Gasteiger partial charge in [-0.15, -0.1) is 0 Å². The molecule has 1 heterocycles. The Kier molecular flexibility index (Phi) is 6.52. The highest BCUT2D eigenvalue weighted by Crippen LogP contribution is 2.37. The molecule has 1 saturated carbocycles. The summed E-state index contributed by atoms with van der Waals surface area (Å²) >= 11 is 0. The zero-order valence-electron chi connectivity index (χ0n) is 18.2. The second-order valence-electron chi connectivity index (χ2n) is 8.50. The van der Waals surface area contributed by atoms with E-state index in [1.165, 1.54) is 23.9 Å². The molecule has 0 amide bonds. The monoisotopic (exact) mass is 418 g/mol. The van der Waals surface area contributed by atoms with Crippen molar-refractivity contribution in [3.05, 3.63) is 66.4 Å². The van der Waals surface area contributed by atoms with Crippen molar-refractivity contribution in [2.75, 3.05) is 7.11 Å². The molecule has 0 radical (unpaired) electrons. The molecule has 0 saturated heterocycles. The second-order valence-corrected chi connectivity index (χ2v) is 8.50. The van der Waals surface area contributed by atoms with Crippen LogP contribution in [0.4, 0.5) is 0 Å². The number of methoxy groups -OCH3 is 1. The summed E-state index contributed by atoms with van der Waals surface area (Å²) in [5.74, 6) is -0.264. The number of hydrogen-bond donors (Lipinski definition) is 1. The fourth-order valence-corrected chi connectivity index (χ4v) is 4.89. The van der Waals surface area contributed by atoms with Crippen LogP contribution in [-0.2, 0) is 16.1 Å². The fourth-order valence-electron chi connectivity index (χ4n) is 4.89. The van der Waals surface area contributed by atoms with Crippen LogP contribution in [0, 0.1) is 18.8 Å². The minimum Gasteiger partial charge on any atom is -0.479 e. The lowest BCUT2D eigenvalue weighted by molar-refractivity contribution is -0.153. The van der Waals surface area contributed by atoms with Crippen LogP contribution in [-0.4, -0.2) is 34.1 Å². The molecule has 1 unspecified atom stereocenters. The molecule has 1 atom stereocenters. The van der Waals surface area contributed by atoms with Crippen molar-refractivity contribution in [2.24, 2.45) is 11.8 Å². The first-order valence-electron chi connectivity index (χ1n) is 11.0. The van der Waals surface area contributed by atoms with Crippen LogP contribution >= 0.6 is 0 Å². The minimum atomic E-state index is -0.853. The molecule has 4 rings (SSSR count). The van der Waals surface area contributed by atoms with Gasteiger partial charge in [-0.25, -0.2) is 4.79 Å². The SMILES string of the molecule is COC(C(=O)O)C1CCC(Cn2nc(-c3ccccc3)c(-c3ccccc3)c2C)CC1. The van der Waals surface area contributed by atoms with Gasteiger partial charge in [0.1, 0.15) is 5.69 Å². The largest absolute Gasteiger partial charge is 0.479 e. The summed E-state index contributed by atoms with van der Waals surface area (Å²) in [7, 11) is 1.49. The van der Waals surface area contributed by atoms with Crippen LogP contribution in [0.2, 0.25) is 0 Å². The Balaban J connectivity index is 1.58. The first-order valence-corrected chi connectivity index (χ1v) is 11.0. The minimum absolute atomic E-state index is 0.0947. The van der Waals surface area contributed by atoms with E-state index in [1.54, 1.807) is 0 Å². The first-order chi connectivity index (χ1) is 15.1. The van der Waals surface area contributed by atoms with E-state index in [0.717, 1.165) is 43.5 Å². The fraction of sp³-hybridized carbons (Fsp3) is 0.385. The maximum Gasteiger partial charge on any atom is 0.333 e. The number of carbonyl (C=O) groups is 1. The lowest BCUT2D eigenvalue weighted by Gasteiger charge is -2.31. The predicted octanol–water partition coefficient (Wildman–Crippen LogP) is 5.43. The summed E-state index contributed by atoms with van der Waals surface area (Å²) in [5, 5.41) is 14.4. The molecule has 31 heavy (non-hydrogen) atoms. The number of ether oxygens (including phenoxy) is 1. The van der Waals surface area contributed by atoms with Crippen LogP contribution in [0.15, 0.2) is 60.7 Å². The third-order valence-corrected chi connectivity index (χ3v) is 6.56. The van der Waals surface area contributed by atoms with Gasteiger partial charge in [0.15, 0.2) is 6.10 Å². The molecule has 162 valence electrons. The molecular weight excluding hydrogens is 388 g/mol. The summed E-state index contributed by atoms with van der Waals surface area (Å²) in [6, 6.07) is 20.8. The van der Waals surface area contributed by atoms with Crippen LogP contribution < -0.4 is 0 Å². The quantitative estimate of drug-likeness (QED) is 0.555. The molecule has 0 spiro atoms. The third kappa shape index (κ3) is 4.57. The van der Waals surface area contributed by atoms with Gasteiger partial charge in [0, 0.05) is 30.5 Å². The summed E-state index contributed by atoms with van der Waals surface area (Å²) < 4.78 is 7.38. The van der Waals surface area contributed by atoms with E-state index in [4.69, 9.17) is 9.84 Å². The Labute approximate surface area is 183 Å². The first kappa shape index (κ1) is 21.3. The van der Waals surface area contributed by atoms with E-state index in [2.05, 4.69) is 60.1 Å². The van der Waals surface area contributed by atoms with Crippen LogP contribution in [0.25, 0.3) is 22.4 Å². The molecule has 5 nitrogen and oxygen atoms in total. The van der Waals surface area contributed by atoms with Crippen LogP contribution in [0.3, 0.4) is 0 Å². The second kappa shape index (κ2) is 9.48. The molecule has 0 aliphatic heterocycles. The highest BCUT2D eigenvalue weighted by Gasteiger charge is 2.32. The maximum atomic E-state index is 11.4. The van der Waals surface area contributed by atoms with E-state index < -0.39 is 12.1 Å². The van der Waals surface area contributed by atoms with Gasteiger partial charge in [-0.2, -0.15) is 5.10 Å². The number of nitrogens with zero attached hydrogens (tertiary/aromatic N) is 2. The molecule has 1 aliphatic rings. The molecule has 5 heteroatoms. The normalized spacial score (nSPS) is 19.8. The Morgan fingerprint density at radius 3 is 2.16 bits per heavy atom. The van der Waals surface area contributed by atoms with E-state index in [1.807, 2.05) is 12.1 Å². The summed E-state index contributed by atoms with van der Waals surface area (Å²) in [6.07, 6.45) is 3.07. The summed E-state index contributed by atoms with van der Waals surface area (Å²) in [4.78, 5) is 11.4. The Morgan fingerprint density at radius 1 is 1.03 bits per heavy atom. The average molecular weight is 419 g/mol. The molecule has 0 bridgehead atoms. The number of carboxylic acids is 1. The number of aromatic nitrogens is 2. The van der Waals surface area contributed by atoms with Crippen LogP contribution in [0.5, 0.6) is 0 Å². The molecule has 1 aliphatic carbocycles. The Bertz CT molecular complexity index is 1010. The standard InChI is InChI=1S/C26H30N2O3/c1-18-23(20-9-5-3-6-10-20)24(21-11-7-4-8-12-21)27-28(18)17-19-13-15-22(16-14-19)25(31-2)26(29)30/h3-12,19,22,25H,13-17H2,1-2H3,(H,29,30). The van der Waals surface area contributed by atoms with Crippen molar-refractivity contribution < 1.29 is 14.6 Å². The third-order valence-electron chi connectivity index (χ3n) is 6.56. The van der Waals surface area contributed by atoms with Gasteiger partial charge in [0.05, 0.1) is 0 Å². The van der Waals surface area contributed by atoms with Crippen molar-refractivity contribution in [3.63, 3.8) is 0 Å². The van der Waals surface area contributed by atoms with Crippen molar-refractivity contribution >= 4 is 5.97 Å². The van der Waals surface area contributed by atoms with E-state index in [9.17, 15) is 9.90 Å². The Hall–Kier alpha value is -2.92. The van der Waals surface area contributed by atoms with Gasteiger partial charge in [-0.1, -0.05) is 60.7 Å². The predicted molar refractivity (Wildman–Crippen MR) is 122 cm³/mol. The van der Waals surface area contributed by atoms with Gasteiger partial charge in [-0.3, -0.25) is 4.68 Å². The molecule has 2 aromatic carbocycles. The van der Waals surface area contributed by atoms with E-state index >= 15 is 0 Å². The van der Waals surface area contributed by atoms with E-state index in [-0.39, 0.29) is 5.92 Å². The van der Waals surface area contributed by atoms with Crippen molar-refractivity contribution in [3.8, 4) is 22.4 Å². The molecular formula is C26H30N2O3. The van der Waals surface area contributed by atoms with Crippen LogP contribution in [0.1, 0.15) is 31.4 Å². The van der Waals surface area contributed by atoms with Gasteiger partial charge in [0.2, 0.25) is 0 Å². The highest BCUT2D eigenvalue weighted by atomic mass is 16.5. The van der Waals surface area contributed by atoms with Gasteiger partial charge in [0.25, 0.3) is 0 Å².